The zero-order valence-corrected chi connectivity index (χ0v) is 17.2. The highest BCUT2D eigenvalue weighted by molar-refractivity contribution is 6.03. The lowest BCUT2D eigenvalue weighted by Gasteiger charge is -2.21. The second-order valence-electron chi connectivity index (χ2n) is 6.92. The van der Waals surface area contributed by atoms with Crippen LogP contribution in [0.2, 0.25) is 0 Å². The largest absolute Gasteiger partial charge is 0.491 e. The van der Waals surface area contributed by atoms with Gasteiger partial charge in [-0.2, -0.15) is 0 Å². The maximum atomic E-state index is 12.8. The molecule has 3 aromatic rings. The van der Waals surface area contributed by atoms with Gasteiger partial charge in [-0.05, 0) is 70.2 Å². The van der Waals surface area contributed by atoms with E-state index in [1.54, 1.807) is 6.07 Å². The molecule has 1 N–H and O–H groups in total. The molecule has 6 heteroatoms. The van der Waals surface area contributed by atoms with Crippen LogP contribution in [0.15, 0.2) is 60.7 Å². The van der Waals surface area contributed by atoms with E-state index in [1.807, 2.05) is 87.2 Å². The van der Waals surface area contributed by atoms with Gasteiger partial charge in [0.1, 0.15) is 11.4 Å². The van der Waals surface area contributed by atoms with Gasteiger partial charge >= 0.3 is 0 Å². The summed E-state index contributed by atoms with van der Waals surface area (Å²) in [5.41, 5.74) is 2.71. The number of para-hydroxylation sites is 1. The Morgan fingerprint density at radius 2 is 1.76 bits per heavy atom. The van der Waals surface area contributed by atoms with Gasteiger partial charge in [0.2, 0.25) is 5.95 Å². The van der Waals surface area contributed by atoms with Crippen molar-refractivity contribution in [2.45, 2.75) is 33.8 Å². The van der Waals surface area contributed by atoms with Crippen molar-refractivity contribution in [3.63, 3.8) is 0 Å². The maximum Gasteiger partial charge on any atom is 0.274 e. The van der Waals surface area contributed by atoms with Gasteiger partial charge in [-0.15, -0.1) is 0 Å². The summed E-state index contributed by atoms with van der Waals surface area (Å²) in [4.78, 5) is 23.8. The number of anilines is 3. The second-order valence-corrected chi connectivity index (χ2v) is 6.92. The number of amides is 1. The third-order valence-electron chi connectivity index (χ3n) is 4.18. The summed E-state index contributed by atoms with van der Waals surface area (Å²) in [5.74, 6) is 0.988. The van der Waals surface area contributed by atoms with Gasteiger partial charge in [-0.1, -0.05) is 18.2 Å². The quantitative estimate of drug-likeness (QED) is 0.616. The van der Waals surface area contributed by atoms with Crippen molar-refractivity contribution in [3.05, 3.63) is 72.1 Å². The number of rotatable bonds is 7. The molecular formula is C23H26N4O2. The standard InChI is InChI=1S/C23H26N4O2/c1-5-27(19-9-7-6-8-10-19)23-24-17(4)15-21(26-23)22(28)25-18-11-13-20(14-12-18)29-16(2)3/h6-16H,5H2,1-4H3,(H,25,28). The molecule has 1 heterocycles. The molecule has 0 aliphatic carbocycles. The van der Waals surface area contributed by atoms with Crippen molar-refractivity contribution in [1.29, 1.82) is 0 Å². The Morgan fingerprint density at radius 3 is 2.38 bits per heavy atom. The molecule has 0 saturated heterocycles. The molecule has 0 atom stereocenters. The predicted octanol–water partition coefficient (Wildman–Crippen LogP) is 4.98. The van der Waals surface area contributed by atoms with Crippen LogP contribution in [-0.2, 0) is 0 Å². The molecule has 150 valence electrons. The molecule has 0 spiro atoms. The third kappa shape index (κ3) is 5.31. The molecule has 6 nitrogen and oxygen atoms in total. The Kier molecular flexibility index (Phi) is 6.44. The van der Waals surface area contributed by atoms with Crippen molar-refractivity contribution < 1.29 is 9.53 Å². The van der Waals surface area contributed by atoms with Gasteiger partial charge in [0.05, 0.1) is 6.10 Å². The van der Waals surface area contributed by atoms with Crippen LogP contribution in [0.4, 0.5) is 17.3 Å². The number of carbonyl (C=O) groups is 1. The Morgan fingerprint density at radius 1 is 1.07 bits per heavy atom. The first-order chi connectivity index (χ1) is 14.0. The molecule has 1 aromatic heterocycles. The van der Waals surface area contributed by atoms with Crippen LogP contribution in [0, 0.1) is 6.92 Å². The number of nitrogens with one attached hydrogen (secondary N) is 1. The van der Waals surface area contributed by atoms with Gasteiger partial charge < -0.3 is 15.0 Å². The fraction of sp³-hybridized carbons (Fsp3) is 0.261. The zero-order chi connectivity index (χ0) is 20.8. The molecule has 0 bridgehead atoms. The number of carbonyl (C=O) groups excluding carboxylic acids is 1. The summed E-state index contributed by atoms with van der Waals surface area (Å²) in [5, 5.41) is 2.89. The molecule has 0 fully saturated rings. The van der Waals surface area contributed by atoms with E-state index in [2.05, 4.69) is 15.3 Å². The topological polar surface area (TPSA) is 67.4 Å². The van der Waals surface area contributed by atoms with E-state index in [-0.39, 0.29) is 12.0 Å². The smallest absolute Gasteiger partial charge is 0.274 e. The predicted molar refractivity (Wildman–Crippen MR) is 116 cm³/mol. The van der Waals surface area contributed by atoms with Crippen molar-refractivity contribution in [2.75, 3.05) is 16.8 Å². The van der Waals surface area contributed by atoms with Gasteiger partial charge in [0, 0.05) is 23.6 Å². The Labute approximate surface area is 171 Å². The average Bonchev–Trinajstić information content (AvgIpc) is 2.70. The highest BCUT2D eigenvalue weighted by Gasteiger charge is 2.16. The van der Waals surface area contributed by atoms with Crippen LogP contribution in [0.3, 0.4) is 0 Å². The summed E-state index contributed by atoms with van der Waals surface area (Å²) >= 11 is 0. The Bertz CT molecular complexity index is 956. The minimum atomic E-state index is -0.279. The van der Waals surface area contributed by atoms with Gasteiger partial charge in [-0.25, -0.2) is 9.97 Å². The molecule has 0 aliphatic heterocycles. The van der Waals surface area contributed by atoms with E-state index in [0.717, 1.165) is 17.1 Å². The van der Waals surface area contributed by atoms with E-state index in [0.29, 0.717) is 23.9 Å². The Balaban J connectivity index is 1.81. The number of hydrogen-bond acceptors (Lipinski definition) is 5. The molecule has 29 heavy (non-hydrogen) atoms. The van der Waals surface area contributed by atoms with Crippen LogP contribution in [0.25, 0.3) is 0 Å². The first-order valence-corrected chi connectivity index (χ1v) is 9.72. The Hall–Kier alpha value is -3.41. The molecule has 0 radical (unpaired) electrons. The minimum Gasteiger partial charge on any atom is -0.491 e. The number of ether oxygens (including phenoxy) is 1. The summed E-state index contributed by atoms with van der Waals surface area (Å²) in [6.07, 6.45) is 0.101. The molecule has 0 aliphatic rings. The normalized spacial score (nSPS) is 10.7. The van der Waals surface area contributed by atoms with Crippen LogP contribution in [0.1, 0.15) is 37.0 Å². The van der Waals surface area contributed by atoms with E-state index < -0.39 is 0 Å². The van der Waals surface area contributed by atoms with Gasteiger partial charge in [0.15, 0.2) is 0 Å². The molecule has 1 amide bonds. The first kappa shape index (κ1) is 20.3. The summed E-state index contributed by atoms with van der Waals surface area (Å²) in [6.45, 7) is 8.52. The lowest BCUT2D eigenvalue weighted by molar-refractivity contribution is 0.102. The highest BCUT2D eigenvalue weighted by atomic mass is 16.5. The van der Waals surface area contributed by atoms with E-state index in [1.165, 1.54) is 0 Å². The van der Waals surface area contributed by atoms with Crippen LogP contribution >= 0.6 is 0 Å². The van der Waals surface area contributed by atoms with E-state index in [9.17, 15) is 4.79 Å². The zero-order valence-electron chi connectivity index (χ0n) is 17.2. The van der Waals surface area contributed by atoms with Crippen LogP contribution in [0.5, 0.6) is 5.75 Å². The van der Waals surface area contributed by atoms with Gasteiger partial charge in [0.25, 0.3) is 5.91 Å². The van der Waals surface area contributed by atoms with Crippen molar-refractivity contribution in [3.8, 4) is 5.75 Å². The fourth-order valence-corrected chi connectivity index (χ4v) is 2.92. The number of nitrogens with zero attached hydrogens (tertiary/aromatic N) is 3. The highest BCUT2D eigenvalue weighted by Crippen LogP contribution is 2.22. The molecule has 0 saturated carbocycles. The SMILES string of the molecule is CCN(c1ccccc1)c1nc(C)cc(C(=O)Nc2ccc(OC(C)C)cc2)n1. The van der Waals surface area contributed by atoms with E-state index in [4.69, 9.17) is 4.74 Å². The number of aromatic nitrogens is 2. The third-order valence-corrected chi connectivity index (χ3v) is 4.18. The number of aryl methyl sites for hydroxylation is 1. The lowest BCUT2D eigenvalue weighted by Crippen LogP contribution is -2.22. The monoisotopic (exact) mass is 390 g/mol. The second kappa shape index (κ2) is 9.19. The maximum absolute atomic E-state index is 12.8. The molecule has 2 aromatic carbocycles. The molecule has 0 unspecified atom stereocenters. The van der Waals surface area contributed by atoms with E-state index >= 15 is 0 Å². The van der Waals surface area contributed by atoms with Crippen LogP contribution < -0.4 is 15.0 Å². The fourth-order valence-electron chi connectivity index (χ4n) is 2.92. The molecule has 3 rings (SSSR count). The average molecular weight is 390 g/mol. The summed E-state index contributed by atoms with van der Waals surface area (Å²) in [7, 11) is 0. The molecular weight excluding hydrogens is 364 g/mol. The number of benzene rings is 2. The first-order valence-electron chi connectivity index (χ1n) is 9.72. The van der Waals surface area contributed by atoms with Crippen molar-refractivity contribution in [1.82, 2.24) is 9.97 Å². The minimum absolute atomic E-state index is 0.101. The summed E-state index contributed by atoms with van der Waals surface area (Å²) in [6, 6.07) is 18.9. The number of hydrogen-bond donors (Lipinski definition) is 1. The van der Waals surface area contributed by atoms with Crippen molar-refractivity contribution in [2.24, 2.45) is 0 Å². The van der Waals surface area contributed by atoms with Crippen LogP contribution in [-0.4, -0.2) is 28.5 Å². The van der Waals surface area contributed by atoms with Gasteiger partial charge in [-0.3, -0.25) is 4.79 Å². The summed E-state index contributed by atoms with van der Waals surface area (Å²) < 4.78 is 5.63. The van der Waals surface area contributed by atoms with Crippen molar-refractivity contribution >= 4 is 23.2 Å². The lowest BCUT2D eigenvalue weighted by atomic mass is 10.2.